The summed E-state index contributed by atoms with van der Waals surface area (Å²) in [5, 5.41) is 94.5. The van der Waals surface area contributed by atoms with Gasteiger partial charge in [0.2, 0.25) is 0 Å². The highest BCUT2D eigenvalue weighted by Crippen LogP contribution is 2.36. The molecule has 18 N–H and O–H groups in total. The SMILES string of the molecule is NCC(O)CC[C@@H]1C[C@H](N)C(O[C@H]2O[C@H](CNCC(O)CO)[C@@H](O)[C@H](O)[C@H]2N)[C@H](O)[C@H]1O[C@H]1O[C@H](CO)[C@@H](O)[C@H](N)[C@H]1O. The number of nitrogens with one attached hydrogen (secondary N) is 1. The Labute approximate surface area is 249 Å². The van der Waals surface area contributed by atoms with E-state index >= 15 is 0 Å². The van der Waals surface area contributed by atoms with Crippen LogP contribution in [0, 0.1) is 5.92 Å². The van der Waals surface area contributed by atoms with Crippen molar-refractivity contribution in [2.75, 3.05) is 32.8 Å². The summed E-state index contributed by atoms with van der Waals surface area (Å²) >= 11 is 0. The van der Waals surface area contributed by atoms with Gasteiger partial charge in [0.15, 0.2) is 12.6 Å². The molecule has 3 aliphatic rings. The number of hydrogen-bond acceptors (Lipinski definition) is 18. The van der Waals surface area contributed by atoms with Crippen LogP contribution in [0.5, 0.6) is 0 Å². The van der Waals surface area contributed by atoms with Crippen molar-refractivity contribution in [3.05, 3.63) is 0 Å². The number of hydrogen-bond donors (Lipinski definition) is 14. The van der Waals surface area contributed by atoms with E-state index < -0.39 is 117 Å². The number of rotatable bonds is 14. The zero-order valence-electron chi connectivity index (χ0n) is 23.9. The third-order valence-electron chi connectivity index (χ3n) is 8.48. The zero-order valence-corrected chi connectivity index (χ0v) is 23.9. The van der Waals surface area contributed by atoms with Crippen molar-refractivity contribution in [1.82, 2.24) is 5.32 Å². The molecular formula is C25H51N5O13. The number of aliphatic hydroxyl groups is 9. The van der Waals surface area contributed by atoms with Crippen LogP contribution < -0.4 is 28.3 Å². The van der Waals surface area contributed by atoms with Crippen LogP contribution in [-0.2, 0) is 18.9 Å². The van der Waals surface area contributed by atoms with Gasteiger partial charge in [-0.05, 0) is 25.2 Å². The Bertz CT molecular complexity index is 824. The summed E-state index contributed by atoms with van der Waals surface area (Å²) in [6, 6.07) is -3.30. The van der Waals surface area contributed by atoms with Gasteiger partial charge in [-0.3, -0.25) is 0 Å². The van der Waals surface area contributed by atoms with E-state index in [1.165, 1.54) is 0 Å². The molecule has 1 aliphatic carbocycles. The minimum absolute atomic E-state index is 0.00796. The molecule has 0 spiro atoms. The van der Waals surface area contributed by atoms with Gasteiger partial charge in [-0.25, -0.2) is 0 Å². The average molecular weight is 630 g/mol. The molecule has 0 aromatic heterocycles. The number of ether oxygens (including phenoxy) is 4. The van der Waals surface area contributed by atoms with Gasteiger partial charge in [0, 0.05) is 25.7 Å². The summed E-state index contributed by atoms with van der Waals surface area (Å²) < 4.78 is 23.4. The molecule has 18 heteroatoms. The standard InChI is InChI=1S/C25H51N5O13/c26-4-10(33)2-1-9-3-12(27)23(21(39)22(9)42-25-20(38)15(28)17(35)14(8-32)41-25)43-24-16(29)19(37)18(36)13(40-24)6-30-5-11(34)7-31/h9-25,30-39H,1-8,26-29H2/t9-,10?,11?,12+,13-,14-,15+,16-,17-,18-,19-,20-,21-,22+,23?,24-,25-/m1/s1. The summed E-state index contributed by atoms with van der Waals surface area (Å²) in [6.45, 7) is -1.16. The van der Waals surface area contributed by atoms with Crippen molar-refractivity contribution < 1.29 is 64.9 Å². The lowest BCUT2D eigenvalue weighted by atomic mass is 9.77. The maximum atomic E-state index is 11.5. The molecule has 17 atom stereocenters. The highest BCUT2D eigenvalue weighted by molar-refractivity contribution is 5.00. The molecule has 0 amide bonds. The maximum Gasteiger partial charge on any atom is 0.186 e. The van der Waals surface area contributed by atoms with Crippen LogP contribution in [0.4, 0.5) is 0 Å². The second-order valence-electron chi connectivity index (χ2n) is 11.7. The minimum Gasteiger partial charge on any atom is -0.394 e. The van der Waals surface area contributed by atoms with Crippen LogP contribution in [0.15, 0.2) is 0 Å². The third-order valence-corrected chi connectivity index (χ3v) is 8.48. The molecular weight excluding hydrogens is 578 g/mol. The van der Waals surface area contributed by atoms with E-state index in [-0.39, 0.29) is 32.5 Å². The molecule has 2 aliphatic heterocycles. The first-order chi connectivity index (χ1) is 20.3. The lowest BCUT2D eigenvalue weighted by Crippen LogP contribution is -2.67. The Kier molecular flexibility index (Phi) is 14.3. The molecule has 43 heavy (non-hydrogen) atoms. The summed E-state index contributed by atoms with van der Waals surface area (Å²) in [4.78, 5) is 0. The van der Waals surface area contributed by atoms with Crippen molar-refractivity contribution in [1.29, 1.82) is 0 Å². The van der Waals surface area contributed by atoms with E-state index in [9.17, 15) is 40.9 Å². The number of aliphatic hydroxyl groups excluding tert-OH is 9. The second kappa shape index (κ2) is 16.7. The summed E-state index contributed by atoms with van der Waals surface area (Å²) in [5.74, 6) is -0.499. The first-order valence-corrected chi connectivity index (χ1v) is 14.6. The van der Waals surface area contributed by atoms with E-state index in [1.54, 1.807) is 0 Å². The Morgan fingerprint density at radius 3 is 2.05 bits per heavy atom. The van der Waals surface area contributed by atoms with E-state index in [4.69, 9.17) is 47.0 Å². The fourth-order valence-corrected chi connectivity index (χ4v) is 5.75. The van der Waals surface area contributed by atoms with Crippen molar-refractivity contribution in [3.63, 3.8) is 0 Å². The van der Waals surface area contributed by atoms with Gasteiger partial charge in [0.25, 0.3) is 0 Å². The molecule has 3 rings (SSSR count). The lowest BCUT2D eigenvalue weighted by molar-refractivity contribution is -0.324. The van der Waals surface area contributed by atoms with Crippen molar-refractivity contribution in [3.8, 4) is 0 Å². The molecule has 0 bridgehead atoms. The average Bonchev–Trinajstić information content (AvgIpc) is 2.99. The molecule has 2 heterocycles. The molecule has 3 unspecified atom stereocenters. The third kappa shape index (κ3) is 8.97. The maximum absolute atomic E-state index is 11.5. The van der Waals surface area contributed by atoms with E-state index in [1.807, 2.05) is 0 Å². The summed E-state index contributed by atoms with van der Waals surface area (Å²) in [7, 11) is 0. The van der Waals surface area contributed by atoms with Gasteiger partial charge in [-0.1, -0.05) is 0 Å². The van der Waals surface area contributed by atoms with Crippen LogP contribution in [0.25, 0.3) is 0 Å². The van der Waals surface area contributed by atoms with Gasteiger partial charge >= 0.3 is 0 Å². The van der Waals surface area contributed by atoms with Gasteiger partial charge in [-0.2, -0.15) is 0 Å². The van der Waals surface area contributed by atoms with Gasteiger partial charge in [-0.15, -0.1) is 0 Å². The van der Waals surface area contributed by atoms with Crippen molar-refractivity contribution in [2.45, 2.75) is 117 Å². The van der Waals surface area contributed by atoms with E-state index in [2.05, 4.69) is 5.32 Å². The molecule has 0 radical (unpaired) electrons. The van der Waals surface area contributed by atoms with Crippen molar-refractivity contribution >= 4 is 0 Å². The first kappa shape index (κ1) is 36.7. The minimum atomic E-state index is -1.53. The van der Waals surface area contributed by atoms with E-state index in [0.717, 1.165) is 0 Å². The highest BCUT2D eigenvalue weighted by Gasteiger charge is 2.51. The molecule has 254 valence electrons. The number of nitrogens with two attached hydrogens (primary N) is 4. The fourth-order valence-electron chi connectivity index (χ4n) is 5.75. The monoisotopic (exact) mass is 629 g/mol. The predicted molar refractivity (Wildman–Crippen MR) is 146 cm³/mol. The van der Waals surface area contributed by atoms with Crippen LogP contribution in [0.2, 0.25) is 0 Å². The van der Waals surface area contributed by atoms with Gasteiger partial charge in [0.1, 0.15) is 48.8 Å². The topological polar surface area (TPSA) is 335 Å². The zero-order chi connectivity index (χ0) is 32.0. The Morgan fingerprint density at radius 1 is 0.767 bits per heavy atom. The predicted octanol–water partition coefficient (Wildman–Crippen LogP) is -7.95. The Morgan fingerprint density at radius 2 is 1.42 bits per heavy atom. The van der Waals surface area contributed by atoms with Crippen LogP contribution >= 0.6 is 0 Å². The van der Waals surface area contributed by atoms with Gasteiger partial charge < -0.3 is 93.2 Å². The van der Waals surface area contributed by atoms with Crippen molar-refractivity contribution in [2.24, 2.45) is 28.9 Å². The molecule has 2 saturated heterocycles. The quantitative estimate of drug-likeness (QED) is 0.0847. The lowest BCUT2D eigenvalue weighted by Gasteiger charge is -2.49. The molecule has 18 nitrogen and oxygen atoms in total. The normalized spacial score (nSPS) is 45.6. The van der Waals surface area contributed by atoms with Gasteiger partial charge in [0.05, 0.1) is 43.6 Å². The summed E-state index contributed by atoms with van der Waals surface area (Å²) in [6.07, 6.45) is -15.8. The smallest absolute Gasteiger partial charge is 0.186 e. The second-order valence-corrected chi connectivity index (χ2v) is 11.7. The molecule has 3 fully saturated rings. The molecule has 0 aromatic carbocycles. The highest BCUT2D eigenvalue weighted by atomic mass is 16.7. The van der Waals surface area contributed by atoms with Crippen LogP contribution in [0.3, 0.4) is 0 Å². The largest absolute Gasteiger partial charge is 0.394 e. The van der Waals surface area contributed by atoms with Crippen LogP contribution in [0.1, 0.15) is 19.3 Å². The van der Waals surface area contributed by atoms with E-state index in [0.29, 0.717) is 6.42 Å². The van der Waals surface area contributed by atoms with Crippen LogP contribution in [-0.4, -0.2) is 177 Å². The molecule has 0 aromatic rings. The molecule has 1 saturated carbocycles. The Hall–Kier alpha value is -0.720. The Balaban J connectivity index is 1.78. The summed E-state index contributed by atoms with van der Waals surface area (Å²) in [5.41, 5.74) is 24.0. The first-order valence-electron chi connectivity index (χ1n) is 14.6. The fraction of sp³-hybridized carbons (Fsp3) is 1.00.